The fourth-order valence-electron chi connectivity index (χ4n) is 4.87. The summed E-state index contributed by atoms with van der Waals surface area (Å²) in [6.07, 6.45) is 0. The molecule has 1 heteroatoms. The molecule has 134 valence electrons. The fraction of sp³-hybridized carbons (Fsp3) is 0.111. The van der Waals surface area contributed by atoms with Crippen molar-refractivity contribution in [2.24, 2.45) is 5.92 Å². The Balaban J connectivity index is 1.79. The molecule has 1 aliphatic carbocycles. The van der Waals surface area contributed by atoms with Gasteiger partial charge in [-0.1, -0.05) is 85.8 Å². The number of thioether (sulfide) groups is 1. The van der Waals surface area contributed by atoms with Gasteiger partial charge in [0.2, 0.25) is 0 Å². The molecule has 4 aromatic carbocycles. The standard InChI is InChI=1S/C27H20S/c1-17-16-28-24-15-14-18-8-2-3-9-19(18)27(24)25(17)26-22-12-6-4-10-20(22)21-11-5-7-13-23(21)26/h2-15,17H,16H2,1H3. The van der Waals surface area contributed by atoms with E-state index in [0.29, 0.717) is 5.92 Å². The minimum absolute atomic E-state index is 0.512. The molecule has 4 aromatic rings. The summed E-state index contributed by atoms with van der Waals surface area (Å²) in [4.78, 5) is 1.42. The minimum Gasteiger partial charge on any atom is -0.125 e. The third kappa shape index (κ3) is 2.20. The van der Waals surface area contributed by atoms with E-state index in [4.69, 9.17) is 0 Å². The van der Waals surface area contributed by atoms with Crippen LogP contribution in [-0.2, 0) is 0 Å². The summed E-state index contributed by atoms with van der Waals surface area (Å²) in [6.45, 7) is 2.39. The largest absolute Gasteiger partial charge is 0.125 e. The van der Waals surface area contributed by atoms with Crippen molar-refractivity contribution in [1.29, 1.82) is 0 Å². The lowest BCUT2D eigenvalue weighted by Crippen LogP contribution is -2.11. The monoisotopic (exact) mass is 376 g/mol. The molecule has 1 unspecified atom stereocenters. The van der Waals surface area contributed by atoms with Gasteiger partial charge in [-0.2, -0.15) is 0 Å². The van der Waals surface area contributed by atoms with Gasteiger partial charge in [0, 0.05) is 10.6 Å². The topological polar surface area (TPSA) is 0 Å². The molecule has 0 nitrogen and oxygen atoms in total. The first-order valence-electron chi connectivity index (χ1n) is 9.91. The number of benzene rings is 4. The second-order valence-corrected chi connectivity index (χ2v) is 8.81. The first kappa shape index (κ1) is 16.2. The maximum Gasteiger partial charge on any atom is 0.0154 e. The molecule has 1 heterocycles. The van der Waals surface area contributed by atoms with Crippen LogP contribution in [0.3, 0.4) is 0 Å². The molecule has 0 bridgehead atoms. The smallest absolute Gasteiger partial charge is 0.0154 e. The van der Waals surface area contributed by atoms with Gasteiger partial charge in [0.1, 0.15) is 0 Å². The zero-order valence-electron chi connectivity index (χ0n) is 15.8. The van der Waals surface area contributed by atoms with E-state index in [2.05, 4.69) is 91.9 Å². The van der Waals surface area contributed by atoms with E-state index in [0.717, 1.165) is 5.75 Å². The van der Waals surface area contributed by atoms with Gasteiger partial charge in [-0.25, -0.2) is 0 Å². The Morgan fingerprint density at radius 2 is 1.29 bits per heavy atom. The quantitative estimate of drug-likeness (QED) is 0.269. The molecule has 0 radical (unpaired) electrons. The molecular formula is C27H20S. The van der Waals surface area contributed by atoms with Crippen molar-refractivity contribution >= 4 is 33.7 Å². The van der Waals surface area contributed by atoms with Gasteiger partial charge in [-0.05, 0) is 61.7 Å². The Hall–Kier alpha value is -2.77. The van der Waals surface area contributed by atoms with Crippen LogP contribution in [0.25, 0.3) is 33.0 Å². The van der Waals surface area contributed by atoms with Gasteiger partial charge in [-0.15, -0.1) is 11.8 Å². The zero-order chi connectivity index (χ0) is 18.7. The lowest BCUT2D eigenvalue weighted by atomic mass is 9.84. The maximum atomic E-state index is 2.39. The summed E-state index contributed by atoms with van der Waals surface area (Å²) in [7, 11) is 0. The summed E-state index contributed by atoms with van der Waals surface area (Å²) in [5, 5.41) is 2.71. The first-order chi connectivity index (χ1) is 13.8. The molecule has 0 spiro atoms. The molecule has 0 saturated heterocycles. The fourth-order valence-corrected chi connectivity index (χ4v) is 6.00. The molecule has 6 rings (SSSR count). The van der Waals surface area contributed by atoms with Crippen molar-refractivity contribution < 1.29 is 0 Å². The predicted octanol–water partition coefficient (Wildman–Crippen LogP) is 7.52. The summed E-state index contributed by atoms with van der Waals surface area (Å²) in [5.74, 6) is 1.65. The lowest BCUT2D eigenvalue weighted by molar-refractivity contribution is 0.860. The van der Waals surface area contributed by atoms with Gasteiger partial charge < -0.3 is 0 Å². The van der Waals surface area contributed by atoms with Crippen molar-refractivity contribution in [2.45, 2.75) is 11.8 Å². The number of rotatable bonds is 0. The highest BCUT2D eigenvalue weighted by atomic mass is 32.2. The normalized spacial score (nSPS) is 17.4. The second kappa shape index (κ2) is 6.12. The molecular weight excluding hydrogens is 356 g/mol. The Kier molecular flexibility index (Phi) is 3.54. The average Bonchev–Trinajstić information content (AvgIpc) is 3.08. The van der Waals surface area contributed by atoms with Gasteiger partial charge in [0.25, 0.3) is 0 Å². The van der Waals surface area contributed by atoms with E-state index in [9.17, 15) is 0 Å². The van der Waals surface area contributed by atoms with Crippen molar-refractivity contribution in [3.63, 3.8) is 0 Å². The third-order valence-corrected chi connectivity index (χ3v) is 7.41. The molecule has 28 heavy (non-hydrogen) atoms. The Labute approximate surface area is 169 Å². The highest BCUT2D eigenvalue weighted by Crippen LogP contribution is 2.53. The van der Waals surface area contributed by atoms with Crippen LogP contribution in [0.2, 0.25) is 0 Å². The molecule has 0 fully saturated rings. The van der Waals surface area contributed by atoms with Crippen molar-refractivity contribution in [2.75, 3.05) is 5.75 Å². The van der Waals surface area contributed by atoms with Crippen molar-refractivity contribution in [1.82, 2.24) is 0 Å². The van der Waals surface area contributed by atoms with E-state index >= 15 is 0 Å². The van der Waals surface area contributed by atoms with Crippen LogP contribution < -0.4 is 0 Å². The van der Waals surface area contributed by atoms with E-state index in [1.54, 1.807) is 0 Å². The zero-order valence-corrected chi connectivity index (χ0v) is 16.6. The van der Waals surface area contributed by atoms with E-state index < -0.39 is 0 Å². The van der Waals surface area contributed by atoms with Crippen LogP contribution in [0, 0.1) is 5.92 Å². The molecule has 0 saturated carbocycles. The van der Waals surface area contributed by atoms with Crippen LogP contribution >= 0.6 is 11.8 Å². The summed E-state index contributed by atoms with van der Waals surface area (Å²) >= 11 is 2.00. The molecule has 1 aliphatic heterocycles. The average molecular weight is 377 g/mol. The molecule has 2 aliphatic rings. The number of allylic oxidation sites excluding steroid dienone is 1. The number of hydrogen-bond donors (Lipinski definition) is 0. The number of fused-ring (bicyclic) bond motifs is 6. The molecule has 1 atom stereocenters. The Morgan fingerprint density at radius 3 is 2.00 bits per heavy atom. The van der Waals surface area contributed by atoms with Crippen molar-refractivity contribution in [3.8, 4) is 11.1 Å². The van der Waals surface area contributed by atoms with E-state index in [1.165, 1.54) is 54.6 Å². The van der Waals surface area contributed by atoms with Crippen LogP contribution in [-0.4, -0.2) is 5.75 Å². The highest BCUT2D eigenvalue weighted by molar-refractivity contribution is 7.99. The lowest BCUT2D eigenvalue weighted by Gasteiger charge is -2.29. The van der Waals surface area contributed by atoms with E-state index in [1.807, 2.05) is 11.8 Å². The number of hydrogen-bond acceptors (Lipinski definition) is 1. The van der Waals surface area contributed by atoms with Gasteiger partial charge >= 0.3 is 0 Å². The SMILES string of the molecule is CC1CSc2ccc3ccccc3c2C1=C1c2ccccc2-c2ccccc21. The minimum atomic E-state index is 0.512. The van der Waals surface area contributed by atoms with Crippen LogP contribution in [0.1, 0.15) is 23.6 Å². The van der Waals surface area contributed by atoms with Gasteiger partial charge in [0.15, 0.2) is 0 Å². The summed E-state index contributed by atoms with van der Waals surface area (Å²) in [5.41, 5.74) is 9.91. The van der Waals surface area contributed by atoms with Crippen LogP contribution in [0.4, 0.5) is 0 Å². The predicted molar refractivity (Wildman–Crippen MR) is 122 cm³/mol. The van der Waals surface area contributed by atoms with Crippen LogP contribution in [0.5, 0.6) is 0 Å². The van der Waals surface area contributed by atoms with Crippen molar-refractivity contribution in [3.05, 3.63) is 102 Å². The van der Waals surface area contributed by atoms with E-state index in [-0.39, 0.29) is 0 Å². The first-order valence-corrected chi connectivity index (χ1v) is 10.9. The van der Waals surface area contributed by atoms with Crippen LogP contribution in [0.15, 0.2) is 89.8 Å². The molecule has 0 aromatic heterocycles. The highest BCUT2D eigenvalue weighted by Gasteiger charge is 2.32. The Bertz CT molecular complexity index is 1230. The third-order valence-electron chi connectivity index (χ3n) is 6.09. The molecule has 0 amide bonds. The second-order valence-electron chi connectivity index (χ2n) is 7.75. The summed E-state index contributed by atoms with van der Waals surface area (Å²) < 4.78 is 0. The maximum absolute atomic E-state index is 2.39. The van der Waals surface area contributed by atoms with Gasteiger partial charge in [0.05, 0.1) is 0 Å². The molecule has 0 N–H and O–H groups in total. The Morgan fingerprint density at radius 1 is 0.679 bits per heavy atom. The summed E-state index contributed by atoms with van der Waals surface area (Å²) in [6, 6.07) is 31.3. The van der Waals surface area contributed by atoms with Gasteiger partial charge in [-0.3, -0.25) is 0 Å².